The van der Waals surface area contributed by atoms with E-state index in [4.69, 9.17) is 5.73 Å². The van der Waals surface area contributed by atoms with Gasteiger partial charge in [0.25, 0.3) is 0 Å². The maximum absolute atomic E-state index is 5.51. The molecule has 2 heterocycles. The molecule has 2 rings (SSSR count). The van der Waals surface area contributed by atoms with Crippen LogP contribution in [0.15, 0.2) is 12.4 Å². The third-order valence-electron chi connectivity index (χ3n) is 1.93. The Balaban J connectivity index is 2.00. The average Bonchev–Trinajstić information content (AvgIpc) is 2.57. The SMILES string of the molecule is Nc1cncc(NC2CCSC2)n1. The highest BCUT2D eigenvalue weighted by atomic mass is 32.2. The number of anilines is 2. The predicted octanol–water partition coefficient (Wildman–Crippen LogP) is 0.976. The van der Waals surface area contributed by atoms with Gasteiger partial charge >= 0.3 is 0 Å². The Morgan fingerprint density at radius 2 is 2.46 bits per heavy atom. The molecule has 0 aromatic carbocycles. The number of nitrogens with zero attached hydrogens (tertiary/aromatic N) is 2. The first kappa shape index (κ1) is 8.62. The number of rotatable bonds is 2. The molecule has 0 aliphatic carbocycles. The Labute approximate surface area is 81.3 Å². The molecular weight excluding hydrogens is 184 g/mol. The molecule has 70 valence electrons. The van der Waals surface area contributed by atoms with Crippen molar-refractivity contribution >= 4 is 23.4 Å². The van der Waals surface area contributed by atoms with Gasteiger partial charge < -0.3 is 11.1 Å². The zero-order valence-corrected chi connectivity index (χ0v) is 8.05. The minimum absolute atomic E-state index is 0.468. The van der Waals surface area contributed by atoms with Crippen molar-refractivity contribution in [3.8, 4) is 0 Å². The van der Waals surface area contributed by atoms with Gasteiger partial charge in [0, 0.05) is 11.8 Å². The normalized spacial score (nSPS) is 21.7. The van der Waals surface area contributed by atoms with Crippen LogP contribution in [0.4, 0.5) is 11.6 Å². The first-order valence-corrected chi connectivity index (χ1v) is 5.42. The summed E-state index contributed by atoms with van der Waals surface area (Å²) in [6.45, 7) is 0. The number of hydrogen-bond donors (Lipinski definition) is 2. The third-order valence-corrected chi connectivity index (χ3v) is 3.10. The highest BCUT2D eigenvalue weighted by Gasteiger charge is 2.15. The predicted molar refractivity (Wildman–Crippen MR) is 55.8 cm³/mol. The van der Waals surface area contributed by atoms with Gasteiger partial charge in [0.1, 0.15) is 11.6 Å². The van der Waals surface area contributed by atoms with Crippen LogP contribution in [0.2, 0.25) is 0 Å². The summed E-state index contributed by atoms with van der Waals surface area (Å²) in [5.74, 6) is 3.63. The van der Waals surface area contributed by atoms with Crippen molar-refractivity contribution in [1.82, 2.24) is 9.97 Å². The molecule has 13 heavy (non-hydrogen) atoms. The monoisotopic (exact) mass is 196 g/mol. The van der Waals surface area contributed by atoms with Crippen molar-refractivity contribution in [2.45, 2.75) is 12.5 Å². The summed E-state index contributed by atoms with van der Waals surface area (Å²) in [7, 11) is 0. The molecule has 1 aromatic rings. The summed E-state index contributed by atoms with van der Waals surface area (Å²) in [5.41, 5.74) is 5.51. The maximum atomic E-state index is 5.51. The molecule has 0 saturated carbocycles. The molecule has 0 amide bonds. The first-order valence-electron chi connectivity index (χ1n) is 4.26. The van der Waals surface area contributed by atoms with Gasteiger partial charge in [-0.15, -0.1) is 0 Å². The van der Waals surface area contributed by atoms with Gasteiger partial charge in [-0.05, 0) is 12.2 Å². The van der Waals surface area contributed by atoms with Crippen molar-refractivity contribution < 1.29 is 0 Å². The number of aromatic nitrogens is 2. The largest absolute Gasteiger partial charge is 0.382 e. The lowest BCUT2D eigenvalue weighted by Crippen LogP contribution is -2.19. The summed E-state index contributed by atoms with van der Waals surface area (Å²) in [5, 5.41) is 3.31. The summed E-state index contributed by atoms with van der Waals surface area (Å²) < 4.78 is 0. The molecule has 1 aliphatic rings. The van der Waals surface area contributed by atoms with Crippen LogP contribution in [0.5, 0.6) is 0 Å². The standard InChI is InChI=1S/C8H12N4S/c9-7-3-10-4-8(12-7)11-6-1-2-13-5-6/h3-4,6H,1-2,5H2,(H3,9,11,12). The number of nitrogens with two attached hydrogens (primary N) is 1. The third kappa shape index (κ3) is 2.24. The van der Waals surface area contributed by atoms with Crippen LogP contribution in [-0.4, -0.2) is 27.5 Å². The summed E-state index contributed by atoms with van der Waals surface area (Å²) in [6.07, 6.45) is 4.45. The van der Waals surface area contributed by atoms with E-state index in [1.165, 1.54) is 12.2 Å². The van der Waals surface area contributed by atoms with E-state index in [1.54, 1.807) is 12.4 Å². The maximum Gasteiger partial charge on any atom is 0.147 e. The second kappa shape index (κ2) is 3.83. The Morgan fingerprint density at radius 3 is 3.15 bits per heavy atom. The smallest absolute Gasteiger partial charge is 0.147 e. The Hall–Kier alpha value is -0.970. The van der Waals surface area contributed by atoms with Gasteiger partial charge in [0.2, 0.25) is 0 Å². The van der Waals surface area contributed by atoms with E-state index in [0.29, 0.717) is 11.9 Å². The minimum atomic E-state index is 0.468. The highest BCUT2D eigenvalue weighted by Crippen LogP contribution is 2.20. The average molecular weight is 196 g/mol. The zero-order chi connectivity index (χ0) is 9.10. The van der Waals surface area contributed by atoms with Crippen LogP contribution >= 0.6 is 11.8 Å². The quantitative estimate of drug-likeness (QED) is 0.738. The minimum Gasteiger partial charge on any atom is -0.382 e. The van der Waals surface area contributed by atoms with Crippen molar-refractivity contribution in [1.29, 1.82) is 0 Å². The van der Waals surface area contributed by atoms with Gasteiger partial charge in [0.15, 0.2) is 0 Å². The molecule has 1 aromatic heterocycles. The number of thioether (sulfide) groups is 1. The van der Waals surface area contributed by atoms with Crippen LogP contribution < -0.4 is 11.1 Å². The zero-order valence-electron chi connectivity index (χ0n) is 7.23. The van der Waals surface area contributed by atoms with E-state index in [0.717, 1.165) is 11.6 Å². The van der Waals surface area contributed by atoms with Gasteiger partial charge in [-0.3, -0.25) is 4.98 Å². The Kier molecular flexibility index (Phi) is 2.54. The topological polar surface area (TPSA) is 63.8 Å². The van der Waals surface area contributed by atoms with Gasteiger partial charge in [0.05, 0.1) is 12.4 Å². The van der Waals surface area contributed by atoms with E-state index in [-0.39, 0.29) is 0 Å². The lowest BCUT2D eigenvalue weighted by atomic mass is 10.3. The number of nitrogen functional groups attached to an aromatic ring is 1. The van der Waals surface area contributed by atoms with Crippen molar-refractivity contribution in [2.24, 2.45) is 0 Å². The fourth-order valence-electron chi connectivity index (χ4n) is 1.31. The highest BCUT2D eigenvalue weighted by molar-refractivity contribution is 7.99. The molecule has 0 radical (unpaired) electrons. The molecule has 1 atom stereocenters. The van der Waals surface area contributed by atoms with Gasteiger partial charge in [-0.1, -0.05) is 0 Å². The van der Waals surface area contributed by atoms with E-state index < -0.39 is 0 Å². The van der Waals surface area contributed by atoms with Crippen LogP contribution in [0.3, 0.4) is 0 Å². The van der Waals surface area contributed by atoms with Crippen molar-refractivity contribution in [2.75, 3.05) is 22.6 Å². The molecule has 0 spiro atoms. The molecule has 5 heteroatoms. The fraction of sp³-hybridized carbons (Fsp3) is 0.500. The van der Waals surface area contributed by atoms with E-state index >= 15 is 0 Å². The fourth-order valence-corrected chi connectivity index (χ4v) is 2.46. The van der Waals surface area contributed by atoms with Crippen molar-refractivity contribution in [3.63, 3.8) is 0 Å². The number of nitrogens with one attached hydrogen (secondary N) is 1. The van der Waals surface area contributed by atoms with Crippen LogP contribution in [0, 0.1) is 0 Å². The van der Waals surface area contributed by atoms with Gasteiger partial charge in [-0.2, -0.15) is 11.8 Å². The second-order valence-electron chi connectivity index (χ2n) is 3.03. The molecule has 4 nitrogen and oxygen atoms in total. The molecular formula is C8H12N4S. The molecule has 1 saturated heterocycles. The van der Waals surface area contributed by atoms with Crippen molar-refractivity contribution in [3.05, 3.63) is 12.4 Å². The molecule has 1 unspecified atom stereocenters. The summed E-state index contributed by atoms with van der Waals surface area (Å²) in [4.78, 5) is 8.10. The van der Waals surface area contributed by atoms with Crippen LogP contribution in [0.1, 0.15) is 6.42 Å². The second-order valence-corrected chi connectivity index (χ2v) is 4.18. The molecule has 1 fully saturated rings. The van der Waals surface area contributed by atoms with E-state index in [1.807, 2.05) is 11.8 Å². The van der Waals surface area contributed by atoms with Gasteiger partial charge in [-0.25, -0.2) is 4.98 Å². The molecule has 3 N–H and O–H groups in total. The first-order chi connectivity index (χ1) is 6.34. The summed E-state index contributed by atoms with van der Waals surface area (Å²) in [6, 6.07) is 0.529. The lowest BCUT2D eigenvalue weighted by molar-refractivity contribution is 0.805. The van der Waals surface area contributed by atoms with E-state index in [9.17, 15) is 0 Å². The number of hydrogen-bond acceptors (Lipinski definition) is 5. The van der Waals surface area contributed by atoms with E-state index in [2.05, 4.69) is 15.3 Å². The van der Waals surface area contributed by atoms with Crippen LogP contribution in [-0.2, 0) is 0 Å². The molecule has 0 bridgehead atoms. The van der Waals surface area contributed by atoms with Crippen LogP contribution in [0.25, 0.3) is 0 Å². The molecule has 1 aliphatic heterocycles. The lowest BCUT2D eigenvalue weighted by Gasteiger charge is -2.11. The Morgan fingerprint density at radius 1 is 1.54 bits per heavy atom. The summed E-state index contributed by atoms with van der Waals surface area (Å²) >= 11 is 1.96. The Bertz CT molecular complexity index is 285.